The number of fused-ring (bicyclic) bond motifs is 1. The molecule has 0 fully saturated rings. The van der Waals surface area contributed by atoms with E-state index < -0.39 is 0 Å². The maximum atomic E-state index is 6.05. The zero-order valence-corrected chi connectivity index (χ0v) is 11.1. The third-order valence-electron chi connectivity index (χ3n) is 3.10. The Morgan fingerprint density at radius 1 is 0.944 bits per heavy atom. The van der Waals surface area contributed by atoms with Crippen LogP contribution >= 0.6 is 23.2 Å². The van der Waals surface area contributed by atoms with Crippen LogP contribution in [-0.4, -0.2) is 6.54 Å². The lowest BCUT2D eigenvalue weighted by Gasteiger charge is -2.28. The predicted molar refractivity (Wildman–Crippen MR) is 77.8 cm³/mol. The van der Waals surface area contributed by atoms with Gasteiger partial charge in [-0.2, -0.15) is 0 Å². The van der Waals surface area contributed by atoms with Gasteiger partial charge < -0.3 is 10.6 Å². The van der Waals surface area contributed by atoms with Crippen LogP contribution in [0, 0.1) is 0 Å². The minimum absolute atomic E-state index is 0.203. The Kier molecular flexibility index (Phi) is 3.06. The third kappa shape index (κ3) is 2.14. The van der Waals surface area contributed by atoms with Gasteiger partial charge in [0.2, 0.25) is 0 Å². The van der Waals surface area contributed by atoms with E-state index in [9.17, 15) is 0 Å². The predicted octanol–water partition coefficient (Wildman–Crippen LogP) is 4.57. The number of anilines is 2. The molecule has 2 aromatic rings. The van der Waals surface area contributed by atoms with Crippen LogP contribution in [0.3, 0.4) is 0 Å². The fourth-order valence-corrected chi connectivity index (χ4v) is 2.45. The monoisotopic (exact) mass is 278 g/mol. The zero-order valence-electron chi connectivity index (χ0n) is 9.58. The van der Waals surface area contributed by atoms with Crippen molar-refractivity contribution in [3.63, 3.8) is 0 Å². The first kappa shape index (κ1) is 11.7. The van der Waals surface area contributed by atoms with Gasteiger partial charge in [0.25, 0.3) is 0 Å². The lowest BCUT2D eigenvalue weighted by atomic mass is 10.0. The maximum absolute atomic E-state index is 6.05. The molecule has 0 aromatic heterocycles. The number of hydrogen-bond donors (Lipinski definition) is 2. The van der Waals surface area contributed by atoms with E-state index in [1.807, 2.05) is 30.3 Å². The minimum atomic E-state index is 0.203. The van der Waals surface area contributed by atoms with E-state index in [0.29, 0.717) is 10.0 Å². The van der Waals surface area contributed by atoms with Gasteiger partial charge in [0.1, 0.15) is 0 Å². The minimum Gasteiger partial charge on any atom is -0.381 e. The van der Waals surface area contributed by atoms with Gasteiger partial charge in [0.15, 0.2) is 0 Å². The molecule has 0 aliphatic carbocycles. The number of benzene rings is 2. The average Bonchev–Trinajstić information content (AvgIpc) is 2.41. The van der Waals surface area contributed by atoms with Crippen LogP contribution in [0.4, 0.5) is 11.4 Å². The van der Waals surface area contributed by atoms with Gasteiger partial charge in [-0.3, -0.25) is 0 Å². The molecule has 0 amide bonds. The first-order chi connectivity index (χ1) is 8.74. The highest BCUT2D eigenvalue weighted by Gasteiger charge is 2.18. The molecule has 18 heavy (non-hydrogen) atoms. The molecule has 1 aliphatic heterocycles. The van der Waals surface area contributed by atoms with Crippen molar-refractivity contribution < 1.29 is 0 Å². The molecular weight excluding hydrogens is 267 g/mol. The molecule has 1 atom stereocenters. The van der Waals surface area contributed by atoms with Gasteiger partial charge in [-0.05, 0) is 29.8 Å². The number of para-hydroxylation sites is 2. The molecule has 92 valence electrons. The average molecular weight is 279 g/mol. The first-order valence-electron chi connectivity index (χ1n) is 5.78. The third-order valence-corrected chi connectivity index (χ3v) is 3.84. The molecule has 1 heterocycles. The lowest BCUT2D eigenvalue weighted by molar-refractivity contribution is 0.804. The summed E-state index contributed by atoms with van der Waals surface area (Å²) in [5.41, 5.74) is 3.38. The maximum Gasteiger partial charge on any atom is 0.0687 e. The van der Waals surface area contributed by atoms with Gasteiger partial charge in [0, 0.05) is 6.54 Å². The Bertz CT molecular complexity index is 584. The number of hydrogen-bond acceptors (Lipinski definition) is 2. The Hall–Kier alpha value is -1.38. The fraction of sp³-hybridized carbons (Fsp3) is 0.143. The molecule has 1 aliphatic rings. The topological polar surface area (TPSA) is 24.1 Å². The van der Waals surface area contributed by atoms with E-state index in [1.165, 1.54) is 0 Å². The van der Waals surface area contributed by atoms with Crippen molar-refractivity contribution in [3.05, 3.63) is 58.1 Å². The highest BCUT2D eigenvalue weighted by Crippen LogP contribution is 2.33. The van der Waals surface area contributed by atoms with Gasteiger partial charge in [-0.1, -0.05) is 41.4 Å². The largest absolute Gasteiger partial charge is 0.381 e. The molecule has 0 unspecified atom stereocenters. The standard InChI is InChI=1S/C14H12Cl2N2/c15-10-6-5-9(7-11(10)16)14-8-17-12-3-1-2-4-13(12)18-14/h1-7,14,17-18H,8H2/t14-/m0/s1. The highest BCUT2D eigenvalue weighted by atomic mass is 35.5. The molecule has 0 saturated heterocycles. The molecule has 0 saturated carbocycles. The van der Waals surface area contributed by atoms with Crippen molar-refractivity contribution in [2.45, 2.75) is 6.04 Å². The van der Waals surface area contributed by atoms with Crippen LogP contribution in [-0.2, 0) is 0 Å². The van der Waals surface area contributed by atoms with Crippen molar-refractivity contribution in [3.8, 4) is 0 Å². The summed E-state index contributed by atoms with van der Waals surface area (Å²) >= 11 is 12.0. The second-order valence-electron chi connectivity index (χ2n) is 4.30. The van der Waals surface area contributed by atoms with Crippen LogP contribution in [0.2, 0.25) is 10.0 Å². The first-order valence-corrected chi connectivity index (χ1v) is 6.54. The molecular formula is C14H12Cl2N2. The van der Waals surface area contributed by atoms with Crippen molar-refractivity contribution in [2.75, 3.05) is 17.2 Å². The summed E-state index contributed by atoms with van der Waals surface area (Å²) in [6.45, 7) is 0.828. The second kappa shape index (κ2) is 4.71. The van der Waals surface area contributed by atoms with Crippen molar-refractivity contribution in [2.24, 2.45) is 0 Å². The SMILES string of the molecule is Clc1ccc([C@@H]2CNc3ccccc3N2)cc1Cl. The quantitative estimate of drug-likeness (QED) is 0.798. The van der Waals surface area contributed by atoms with E-state index in [1.54, 1.807) is 0 Å². The molecule has 2 N–H and O–H groups in total. The number of rotatable bonds is 1. The normalized spacial score (nSPS) is 17.6. The van der Waals surface area contributed by atoms with Crippen molar-refractivity contribution in [1.82, 2.24) is 0 Å². The molecule has 3 rings (SSSR count). The highest BCUT2D eigenvalue weighted by molar-refractivity contribution is 6.42. The summed E-state index contributed by atoms with van der Waals surface area (Å²) in [5, 5.41) is 8.08. The van der Waals surface area contributed by atoms with Crippen molar-refractivity contribution >= 4 is 34.6 Å². The number of nitrogens with one attached hydrogen (secondary N) is 2. The molecule has 0 bridgehead atoms. The Morgan fingerprint density at radius 2 is 1.72 bits per heavy atom. The number of halogens is 2. The smallest absolute Gasteiger partial charge is 0.0687 e. The Labute approximate surface area is 116 Å². The van der Waals surface area contributed by atoms with Gasteiger partial charge in [-0.25, -0.2) is 0 Å². The Morgan fingerprint density at radius 3 is 2.50 bits per heavy atom. The lowest BCUT2D eigenvalue weighted by Crippen LogP contribution is -2.25. The van der Waals surface area contributed by atoms with Crippen LogP contribution < -0.4 is 10.6 Å². The molecule has 2 aromatic carbocycles. The summed E-state index contributed by atoms with van der Waals surface area (Å²) < 4.78 is 0. The summed E-state index contributed by atoms with van der Waals surface area (Å²) in [6, 6.07) is 14.1. The Balaban J connectivity index is 1.89. The summed E-state index contributed by atoms with van der Waals surface area (Å²) in [6.07, 6.45) is 0. The summed E-state index contributed by atoms with van der Waals surface area (Å²) in [4.78, 5) is 0. The van der Waals surface area contributed by atoms with Gasteiger partial charge in [0.05, 0.1) is 27.5 Å². The van der Waals surface area contributed by atoms with E-state index >= 15 is 0 Å². The van der Waals surface area contributed by atoms with E-state index in [2.05, 4.69) is 22.8 Å². The van der Waals surface area contributed by atoms with E-state index in [0.717, 1.165) is 23.5 Å². The summed E-state index contributed by atoms with van der Waals surface area (Å²) in [5.74, 6) is 0. The second-order valence-corrected chi connectivity index (χ2v) is 5.11. The van der Waals surface area contributed by atoms with Crippen molar-refractivity contribution in [1.29, 1.82) is 0 Å². The molecule has 0 radical (unpaired) electrons. The molecule has 2 nitrogen and oxygen atoms in total. The van der Waals surface area contributed by atoms with E-state index in [4.69, 9.17) is 23.2 Å². The van der Waals surface area contributed by atoms with Gasteiger partial charge in [-0.15, -0.1) is 0 Å². The van der Waals surface area contributed by atoms with E-state index in [-0.39, 0.29) is 6.04 Å². The van der Waals surface area contributed by atoms with Crippen LogP contribution in [0.1, 0.15) is 11.6 Å². The van der Waals surface area contributed by atoms with Crippen LogP contribution in [0.5, 0.6) is 0 Å². The molecule has 4 heteroatoms. The molecule has 0 spiro atoms. The van der Waals surface area contributed by atoms with Crippen LogP contribution in [0.25, 0.3) is 0 Å². The summed E-state index contributed by atoms with van der Waals surface area (Å²) in [7, 11) is 0. The van der Waals surface area contributed by atoms with Crippen LogP contribution in [0.15, 0.2) is 42.5 Å². The van der Waals surface area contributed by atoms with Gasteiger partial charge >= 0.3 is 0 Å². The zero-order chi connectivity index (χ0) is 12.5. The fourth-order valence-electron chi connectivity index (χ4n) is 2.14.